The van der Waals surface area contributed by atoms with E-state index in [1.807, 2.05) is 30.3 Å². The molecule has 0 spiro atoms. The van der Waals surface area contributed by atoms with Gasteiger partial charge in [-0.3, -0.25) is 9.59 Å². The molecule has 0 heterocycles. The Labute approximate surface area is 183 Å². The maximum atomic E-state index is 13.1. The smallest absolute Gasteiger partial charge is 0.243 e. The van der Waals surface area contributed by atoms with Crippen LogP contribution in [-0.2, 0) is 22.6 Å². The zero-order valence-electron chi connectivity index (χ0n) is 17.0. The number of nitrogens with one attached hydrogen (secondary N) is 1. The number of carbonyl (C=O) groups is 2. The van der Waals surface area contributed by atoms with Crippen LogP contribution in [0.15, 0.2) is 48.5 Å². The van der Waals surface area contributed by atoms with Crippen molar-refractivity contribution in [1.82, 2.24) is 10.2 Å². The largest absolute Gasteiger partial charge is 0.354 e. The standard InChI is InChI=1S/C23H28Cl2N2O2/c1-3-5-14-26-23(29)21(15-17-10-7-6-8-11-17)27(22(28)4-2)16-18-19(24)12-9-13-20(18)25/h6-13,21H,3-5,14-16H2,1-2H3,(H,26,29). The van der Waals surface area contributed by atoms with Crippen molar-refractivity contribution >= 4 is 35.0 Å². The van der Waals surface area contributed by atoms with Gasteiger partial charge in [0.25, 0.3) is 0 Å². The Hall–Kier alpha value is -2.04. The molecule has 1 N–H and O–H groups in total. The molecule has 6 heteroatoms. The summed E-state index contributed by atoms with van der Waals surface area (Å²) in [6.07, 6.45) is 2.58. The number of rotatable bonds is 10. The van der Waals surface area contributed by atoms with E-state index < -0.39 is 6.04 Å². The summed E-state index contributed by atoms with van der Waals surface area (Å²) in [7, 11) is 0. The molecule has 4 nitrogen and oxygen atoms in total. The molecule has 0 bridgehead atoms. The predicted molar refractivity (Wildman–Crippen MR) is 119 cm³/mol. The summed E-state index contributed by atoms with van der Waals surface area (Å²) in [5.74, 6) is -0.278. The molecular weight excluding hydrogens is 407 g/mol. The van der Waals surface area contributed by atoms with Gasteiger partial charge in [-0.15, -0.1) is 0 Å². The Bertz CT molecular complexity index is 792. The van der Waals surface area contributed by atoms with E-state index in [1.54, 1.807) is 30.0 Å². The number of carbonyl (C=O) groups excluding carboxylic acids is 2. The van der Waals surface area contributed by atoms with Crippen molar-refractivity contribution in [2.24, 2.45) is 0 Å². The van der Waals surface area contributed by atoms with Crippen LogP contribution < -0.4 is 5.32 Å². The van der Waals surface area contributed by atoms with Crippen LogP contribution in [0.3, 0.4) is 0 Å². The van der Waals surface area contributed by atoms with Crippen molar-refractivity contribution in [1.29, 1.82) is 0 Å². The molecule has 0 aromatic heterocycles. The van der Waals surface area contributed by atoms with E-state index in [2.05, 4.69) is 12.2 Å². The molecule has 0 aliphatic rings. The summed E-state index contributed by atoms with van der Waals surface area (Å²) in [5.41, 5.74) is 1.64. The highest BCUT2D eigenvalue weighted by atomic mass is 35.5. The van der Waals surface area contributed by atoms with Gasteiger partial charge in [0.2, 0.25) is 11.8 Å². The first-order valence-electron chi connectivity index (χ1n) is 10.0. The lowest BCUT2D eigenvalue weighted by molar-refractivity contribution is -0.141. The van der Waals surface area contributed by atoms with Crippen LogP contribution in [0.4, 0.5) is 0 Å². The van der Waals surface area contributed by atoms with Crippen molar-refractivity contribution in [2.75, 3.05) is 6.54 Å². The minimum atomic E-state index is -0.644. The molecule has 2 aromatic rings. The van der Waals surface area contributed by atoms with Crippen LogP contribution >= 0.6 is 23.2 Å². The summed E-state index contributed by atoms with van der Waals surface area (Å²) >= 11 is 12.7. The zero-order chi connectivity index (χ0) is 21.2. The number of amides is 2. The highest BCUT2D eigenvalue weighted by molar-refractivity contribution is 6.36. The van der Waals surface area contributed by atoms with E-state index in [1.165, 1.54) is 0 Å². The minimum Gasteiger partial charge on any atom is -0.354 e. The predicted octanol–water partition coefficient (Wildman–Crippen LogP) is 5.26. The van der Waals surface area contributed by atoms with E-state index >= 15 is 0 Å². The van der Waals surface area contributed by atoms with Crippen LogP contribution in [0, 0.1) is 0 Å². The van der Waals surface area contributed by atoms with Crippen molar-refractivity contribution < 1.29 is 9.59 Å². The molecule has 0 radical (unpaired) electrons. The van der Waals surface area contributed by atoms with Gasteiger partial charge in [0, 0.05) is 41.5 Å². The molecular formula is C23H28Cl2N2O2. The van der Waals surface area contributed by atoms with Crippen LogP contribution in [-0.4, -0.2) is 29.3 Å². The number of hydrogen-bond acceptors (Lipinski definition) is 2. The lowest BCUT2D eigenvalue weighted by Gasteiger charge is -2.32. The normalized spacial score (nSPS) is 11.7. The molecule has 0 saturated heterocycles. The van der Waals surface area contributed by atoms with Crippen LogP contribution in [0.2, 0.25) is 10.0 Å². The fraction of sp³-hybridized carbons (Fsp3) is 0.391. The molecule has 1 atom stereocenters. The first kappa shape index (κ1) is 23.2. The average Bonchev–Trinajstić information content (AvgIpc) is 2.72. The van der Waals surface area contributed by atoms with Gasteiger partial charge >= 0.3 is 0 Å². The number of halogens is 2. The topological polar surface area (TPSA) is 49.4 Å². The number of benzene rings is 2. The van der Waals surface area contributed by atoms with E-state index in [-0.39, 0.29) is 24.8 Å². The quantitative estimate of drug-likeness (QED) is 0.518. The molecule has 0 aliphatic heterocycles. The molecule has 1 unspecified atom stereocenters. The Morgan fingerprint density at radius 1 is 1.00 bits per heavy atom. The highest BCUT2D eigenvalue weighted by Gasteiger charge is 2.30. The first-order valence-corrected chi connectivity index (χ1v) is 10.8. The Kier molecular flexibility index (Phi) is 9.49. The van der Waals surface area contributed by atoms with Gasteiger partial charge in [-0.2, -0.15) is 0 Å². The fourth-order valence-electron chi connectivity index (χ4n) is 3.12. The Morgan fingerprint density at radius 2 is 1.66 bits per heavy atom. The lowest BCUT2D eigenvalue weighted by Crippen LogP contribution is -2.50. The van der Waals surface area contributed by atoms with Gasteiger partial charge < -0.3 is 10.2 Å². The third-order valence-corrected chi connectivity index (χ3v) is 5.50. The second kappa shape index (κ2) is 11.8. The van der Waals surface area contributed by atoms with E-state index in [4.69, 9.17) is 23.2 Å². The molecule has 156 valence electrons. The van der Waals surface area contributed by atoms with Crippen molar-refractivity contribution in [2.45, 2.75) is 52.1 Å². The van der Waals surface area contributed by atoms with Crippen LogP contribution in [0.1, 0.15) is 44.2 Å². The van der Waals surface area contributed by atoms with Crippen molar-refractivity contribution in [3.63, 3.8) is 0 Å². The summed E-state index contributed by atoms with van der Waals surface area (Å²) in [5, 5.41) is 3.94. The molecule has 2 rings (SSSR count). The second-order valence-electron chi connectivity index (χ2n) is 6.93. The maximum absolute atomic E-state index is 13.1. The second-order valence-corrected chi connectivity index (χ2v) is 7.74. The molecule has 0 aliphatic carbocycles. The molecule has 2 aromatic carbocycles. The summed E-state index contributed by atoms with van der Waals surface area (Å²) in [4.78, 5) is 27.5. The fourth-order valence-corrected chi connectivity index (χ4v) is 3.63. The summed E-state index contributed by atoms with van der Waals surface area (Å²) in [6, 6.07) is 14.3. The first-order chi connectivity index (χ1) is 14.0. The third kappa shape index (κ3) is 6.76. The van der Waals surface area contributed by atoms with Gasteiger partial charge in [0.15, 0.2) is 0 Å². The lowest BCUT2D eigenvalue weighted by atomic mass is 10.0. The van der Waals surface area contributed by atoms with Gasteiger partial charge in [0.05, 0.1) is 0 Å². The van der Waals surface area contributed by atoms with Gasteiger partial charge in [-0.05, 0) is 24.1 Å². The van der Waals surface area contributed by atoms with E-state index in [0.29, 0.717) is 28.6 Å². The number of unbranched alkanes of at least 4 members (excludes halogenated alkanes) is 1. The summed E-state index contributed by atoms with van der Waals surface area (Å²) in [6.45, 7) is 4.63. The molecule has 0 saturated carbocycles. The number of nitrogens with zero attached hydrogens (tertiary/aromatic N) is 1. The van der Waals surface area contributed by atoms with E-state index in [0.717, 1.165) is 18.4 Å². The zero-order valence-corrected chi connectivity index (χ0v) is 18.5. The van der Waals surface area contributed by atoms with Crippen molar-refractivity contribution in [3.8, 4) is 0 Å². The maximum Gasteiger partial charge on any atom is 0.243 e. The molecule has 29 heavy (non-hydrogen) atoms. The van der Waals surface area contributed by atoms with Crippen LogP contribution in [0.25, 0.3) is 0 Å². The molecule has 2 amide bonds. The summed E-state index contributed by atoms with van der Waals surface area (Å²) < 4.78 is 0. The van der Waals surface area contributed by atoms with E-state index in [9.17, 15) is 9.59 Å². The number of hydrogen-bond donors (Lipinski definition) is 1. The monoisotopic (exact) mass is 434 g/mol. The van der Waals surface area contributed by atoms with Gasteiger partial charge in [0.1, 0.15) is 6.04 Å². The third-order valence-electron chi connectivity index (χ3n) is 4.79. The van der Waals surface area contributed by atoms with Crippen molar-refractivity contribution in [3.05, 3.63) is 69.7 Å². The highest BCUT2D eigenvalue weighted by Crippen LogP contribution is 2.27. The van der Waals surface area contributed by atoms with Gasteiger partial charge in [-0.1, -0.05) is 79.9 Å². The SMILES string of the molecule is CCCCNC(=O)C(Cc1ccccc1)N(Cc1c(Cl)cccc1Cl)C(=O)CC. The minimum absolute atomic E-state index is 0.118. The molecule has 0 fully saturated rings. The average molecular weight is 435 g/mol. The Balaban J connectivity index is 2.37. The van der Waals surface area contributed by atoms with Crippen LogP contribution in [0.5, 0.6) is 0 Å². The Morgan fingerprint density at radius 3 is 2.24 bits per heavy atom. The van der Waals surface area contributed by atoms with Gasteiger partial charge in [-0.25, -0.2) is 0 Å².